The fraction of sp³-hybridized carbons (Fsp3) is 0.100. The van der Waals surface area contributed by atoms with Crippen molar-refractivity contribution in [3.63, 3.8) is 0 Å². The first-order chi connectivity index (χ1) is 11.7. The Morgan fingerprint density at radius 1 is 1.04 bits per heavy atom. The van der Waals surface area contributed by atoms with Crippen molar-refractivity contribution in [3.8, 4) is 0 Å². The van der Waals surface area contributed by atoms with Crippen LogP contribution in [0, 0.1) is 6.92 Å². The van der Waals surface area contributed by atoms with Crippen LogP contribution in [0.2, 0.25) is 0 Å². The molecule has 0 aliphatic heterocycles. The second-order valence-corrected chi connectivity index (χ2v) is 5.80. The summed E-state index contributed by atoms with van der Waals surface area (Å²) in [5.41, 5.74) is 3.68. The number of aryl methyl sites for hydroxylation is 1. The summed E-state index contributed by atoms with van der Waals surface area (Å²) in [5.74, 6) is 0. The van der Waals surface area contributed by atoms with E-state index in [1.54, 1.807) is 4.57 Å². The van der Waals surface area contributed by atoms with Crippen LogP contribution in [0.5, 0.6) is 0 Å². The molecule has 4 aromatic rings. The first-order valence-corrected chi connectivity index (χ1v) is 7.93. The molecule has 0 spiro atoms. The number of allylic oxidation sites excluding steroid dienone is 1. The molecule has 2 aromatic heterocycles. The van der Waals surface area contributed by atoms with Gasteiger partial charge in [0.05, 0.1) is 16.6 Å². The van der Waals surface area contributed by atoms with Crippen LogP contribution in [0.25, 0.3) is 22.6 Å². The Labute approximate surface area is 139 Å². The number of nitrogens with zero attached hydrogens (tertiary/aromatic N) is 3. The molecular weight excluding hydrogens is 298 g/mol. The average molecular weight is 315 g/mol. The van der Waals surface area contributed by atoms with E-state index in [4.69, 9.17) is 0 Å². The average Bonchev–Trinajstić information content (AvgIpc) is 3.00. The molecule has 0 atom stereocenters. The molecular formula is C20H17N3O. The third-order valence-electron chi connectivity index (χ3n) is 4.09. The fourth-order valence-corrected chi connectivity index (χ4v) is 2.98. The Morgan fingerprint density at radius 3 is 2.62 bits per heavy atom. The van der Waals surface area contributed by atoms with Crippen LogP contribution in [0.15, 0.2) is 71.5 Å². The SMILES string of the molecule is Cc1cc2n(CC=Cc3ccccc3)c(=O)c3ccccc3n2n1. The summed E-state index contributed by atoms with van der Waals surface area (Å²) in [6.45, 7) is 2.45. The lowest BCUT2D eigenvalue weighted by atomic mass is 10.2. The zero-order valence-corrected chi connectivity index (χ0v) is 13.4. The van der Waals surface area contributed by atoms with E-state index in [9.17, 15) is 4.79 Å². The number of benzene rings is 2. The maximum Gasteiger partial charge on any atom is 0.261 e. The van der Waals surface area contributed by atoms with Gasteiger partial charge in [-0.1, -0.05) is 54.6 Å². The van der Waals surface area contributed by atoms with E-state index >= 15 is 0 Å². The third kappa shape index (κ3) is 2.42. The van der Waals surface area contributed by atoms with Gasteiger partial charge in [0.25, 0.3) is 5.56 Å². The summed E-state index contributed by atoms with van der Waals surface area (Å²) in [4.78, 5) is 12.9. The molecule has 0 aliphatic rings. The van der Waals surface area contributed by atoms with Crippen LogP contribution in [0.3, 0.4) is 0 Å². The lowest BCUT2D eigenvalue weighted by Crippen LogP contribution is -2.22. The minimum atomic E-state index is 0.00992. The minimum Gasteiger partial charge on any atom is -0.289 e. The van der Waals surface area contributed by atoms with Crippen molar-refractivity contribution in [1.82, 2.24) is 14.2 Å². The largest absolute Gasteiger partial charge is 0.289 e. The van der Waals surface area contributed by atoms with E-state index in [1.807, 2.05) is 84.3 Å². The summed E-state index contributed by atoms with van der Waals surface area (Å²) < 4.78 is 3.62. The highest BCUT2D eigenvalue weighted by Gasteiger charge is 2.11. The highest BCUT2D eigenvalue weighted by molar-refractivity contribution is 5.80. The maximum atomic E-state index is 12.9. The fourth-order valence-electron chi connectivity index (χ4n) is 2.98. The van der Waals surface area contributed by atoms with E-state index in [0.29, 0.717) is 11.9 Å². The molecule has 24 heavy (non-hydrogen) atoms. The van der Waals surface area contributed by atoms with Crippen molar-refractivity contribution in [1.29, 1.82) is 0 Å². The van der Waals surface area contributed by atoms with Gasteiger partial charge in [0.1, 0.15) is 5.65 Å². The lowest BCUT2D eigenvalue weighted by Gasteiger charge is -2.08. The molecule has 2 heterocycles. The van der Waals surface area contributed by atoms with Gasteiger partial charge in [0.2, 0.25) is 0 Å². The molecule has 0 aliphatic carbocycles. The summed E-state index contributed by atoms with van der Waals surface area (Å²) >= 11 is 0. The minimum absolute atomic E-state index is 0.00992. The summed E-state index contributed by atoms with van der Waals surface area (Å²) in [5, 5.41) is 5.22. The van der Waals surface area contributed by atoms with Gasteiger partial charge in [-0.3, -0.25) is 9.36 Å². The van der Waals surface area contributed by atoms with Gasteiger partial charge in [-0.2, -0.15) is 5.10 Å². The third-order valence-corrected chi connectivity index (χ3v) is 4.09. The molecule has 0 amide bonds. The Kier molecular flexibility index (Phi) is 3.50. The summed E-state index contributed by atoms with van der Waals surface area (Å²) in [6.07, 6.45) is 4.04. The highest BCUT2D eigenvalue weighted by atomic mass is 16.1. The van der Waals surface area contributed by atoms with Crippen LogP contribution in [0.1, 0.15) is 11.3 Å². The number of para-hydroxylation sites is 1. The zero-order chi connectivity index (χ0) is 16.5. The van der Waals surface area contributed by atoms with Crippen LogP contribution in [-0.2, 0) is 6.54 Å². The van der Waals surface area contributed by atoms with Crippen LogP contribution in [-0.4, -0.2) is 14.2 Å². The Bertz CT molecular complexity index is 1100. The lowest BCUT2D eigenvalue weighted by molar-refractivity contribution is 0.785. The predicted octanol–water partition coefficient (Wildman–Crippen LogP) is 3.67. The van der Waals surface area contributed by atoms with Crippen LogP contribution >= 0.6 is 0 Å². The zero-order valence-electron chi connectivity index (χ0n) is 13.4. The van der Waals surface area contributed by atoms with E-state index in [-0.39, 0.29) is 5.56 Å². The number of fused-ring (bicyclic) bond motifs is 3. The van der Waals surface area contributed by atoms with Gasteiger partial charge in [-0.05, 0) is 24.6 Å². The monoisotopic (exact) mass is 315 g/mol. The molecule has 0 N–H and O–H groups in total. The van der Waals surface area contributed by atoms with Crippen molar-refractivity contribution < 1.29 is 0 Å². The smallest absolute Gasteiger partial charge is 0.261 e. The second kappa shape index (κ2) is 5.81. The van der Waals surface area contributed by atoms with E-state index in [1.165, 1.54) is 0 Å². The number of hydrogen-bond donors (Lipinski definition) is 0. The van der Waals surface area contributed by atoms with Gasteiger partial charge < -0.3 is 0 Å². The number of aromatic nitrogens is 3. The number of rotatable bonds is 3. The van der Waals surface area contributed by atoms with Crippen molar-refractivity contribution in [2.24, 2.45) is 0 Å². The molecule has 0 saturated heterocycles. The number of hydrogen-bond acceptors (Lipinski definition) is 2. The summed E-state index contributed by atoms with van der Waals surface area (Å²) in [7, 11) is 0. The molecule has 0 unspecified atom stereocenters. The van der Waals surface area contributed by atoms with E-state index < -0.39 is 0 Å². The maximum absolute atomic E-state index is 12.9. The highest BCUT2D eigenvalue weighted by Crippen LogP contribution is 2.14. The van der Waals surface area contributed by atoms with Crippen LogP contribution in [0.4, 0.5) is 0 Å². The van der Waals surface area contributed by atoms with Crippen molar-refractivity contribution in [2.75, 3.05) is 0 Å². The second-order valence-electron chi connectivity index (χ2n) is 5.80. The quantitative estimate of drug-likeness (QED) is 0.578. The molecule has 4 heteroatoms. The Balaban J connectivity index is 1.86. The molecule has 0 bridgehead atoms. The van der Waals surface area contributed by atoms with Crippen molar-refractivity contribution in [3.05, 3.63) is 88.4 Å². The van der Waals surface area contributed by atoms with Crippen molar-refractivity contribution >= 4 is 22.6 Å². The first-order valence-electron chi connectivity index (χ1n) is 7.93. The van der Waals surface area contributed by atoms with Gasteiger partial charge in [0.15, 0.2) is 0 Å². The first kappa shape index (κ1) is 14.5. The predicted molar refractivity (Wildman–Crippen MR) is 97.2 cm³/mol. The normalized spacial score (nSPS) is 11.7. The molecule has 0 radical (unpaired) electrons. The Morgan fingerprint density at radius 2 is 1.79 bits per heavy atom. The molecule has 4 nitrogen and oxygen atoms in total. The van der Waals surface area contributed by atoms with E-state index in [0.717, 1.165) is 22.4 Å². The van der Waals surface area contributed by atoms with Gasteiger partial charge in [-0.25, -0.2) is 4.52 Å². The molecule has 0 saturated carbocycles. The molecule has 118 valence electrons. The van der Waals surface area contributed by atoms with Crippen LogP contribution < -0.4 is 5.56 Å². The van der Waals surface area contributed by atoms with Crippen molar-refractivity contribution in [2.45, 2.75) is 13.5 Å². The standard InChI is InChI=1S/C20H17N3O/c1-15-14-19-22(13-7-10-16-8-3-2-4-9-16)20(24)17-11-5-6-12-18(17)23(19)21-15/h2-12,14H,13H2,1H3. The Hall–Kier alpha value is -3.14. The van der Waals surface area contributed by atoms with E-state index in [2.05, 4.69) is 5.10 Å². The summed E-state index contributed by atoms with van der Waals surface area (Å²) in [6, 6.07) is 19.6. The molecule has 0 fully saturated rings. The van der Waals surface area contributed by atoms with Gasteiger partial charge in [0, 0.05) is 12.6 Å². The topological polar surface area (TPSA) is 39.3 Å². The van der Waals surface area contributed by atoms with Gasteiger partial charge >= 0.3 is 0 Å². The van der Waals surface area contributed by atoms with Gasteiger partial charge in [-0.15, -0.1) is 0 Å². The molecule has 4 rings (SSSR count). The molecule has 2 aromatic carbocycles.